The highest BCUT2D eigenvalue weighted by molar-refractivity contribution is 5.66. The number of aryl methyl sites for hydroxylation is 2. The van der Waals surface area contributed by atoms with Gasteiger partial charge >= 0.3 is 0 Å². The molecule has 0 aromatic carbocycles. The van der Waals surface area contributed by atoms with E-state index in [4.69, 9.17) is 5.73 Å². The number of aliphatic hydroxyl groups is 1. The molecule has 0 spiro atoms. The minimum Gasteiger partial charge on any atom is -0.394 e. The van der Waals surface area contributed by atoms with Crippen molar-refractivity contribution in [3.8, 4) is 0 Å². The standard InChI is InChI=1S/C13H24N4O/c1-4-6-17-13(12(14)10(3)15-17)16-7-5-9(2)11(18)8-16/h9,11,18H,4-8,14H2,1-3H3. The number of rotatable bonds is 3. The van der Waals surface area contributed by atoms with Gasteiger partial charge in [-0.2, -0.15) is 5.10 Å². The van der Waals surface area contributed by atoms with Crippen LogP contribution in [0.25, 0.3) is 0 Å². The molecule has 2 unspecified atom stereocenters. The Morgan fingerprint density at radius 2 is 2.22 bits per heavy atom. The molecule has 0 bridgehead atoms. The zero-order valence-corrected chi connectivity index (χ0v) is 11.6. The number of aliphatic hydroxyl groups excluding tert-OH is 1. The molecule has 3 N–H and O–H groups in total. The highest BCUT2D eigenvalue weighted by atomic mass is 16.3. The molecule has 1 aromatic heterocycles. The second kappa shape index (κ2) is 5.18. The Hall–Kier alpha value is -1.23. The molecule has 18 heavy (non-hydrogen) atoms. The van der Waals surface area contributed by atoms with E-state index in [1.165, 1.54) is 0 Å². The number of anilines is 2. The first kappa shape index (κ1) is 13.2. The Morgan fingerprint density at radius 3 is 2.83 bits per heavy atom. The third kappa shape index (κ3) is 2.32. The van der Waals surface area contributed by atoms with Gasteiger partial charge in [0, 0.05) is 19.6 Å². The van der Waals surface area contributed by atoms with Crippen molar-refractivity contribution in [2.45, 2.75) is 46.3 Å². The fraction of sp³-hybridized carbons (Fsp3) is 0.769. The molecule has 2 heterocycles. The highest BCUT2D eigenvalue weighted by Crippen LogP contribution is 2.30. The summed E-state index contributed by atoms with van der Waals surface area (Å²) in [5.74, 6) is 1.35. The number of nitrogens with zero attached hydrogens (tertiary/aromatic N) is 3. The van der Waals surface area contributed by atoms with Crippen LogP contribution in [-0.4, -0.2) is 34.1 Å². The molecule has 0 amide bonds. The molecule has 0 radical (unpaired) electrons. The Balaban J connectivity index is 2.26. The van der Waals surface area contributed by atoms with Crippen molar-refractivity contribution >= 4 is 11.5 Å². The lowest BCUT2D eigenvalue weighted by molar-refractivity contribution is 0.102. The van der Waals surface area contributed by atoms with Crippen LogP contribution in [0.5, 0.6) is 0 Å². The van der Waals surface area contributed by atoms with E-state index >= 15 is 0 Å². The molecular formula is C13H24N4O. The van der Waals surface area contributed by atoms with Crippen LogP contribution in [0.1, 0.15) is 32.4 Å². The van der Waals surface area contributed by atoms with E-state index in [0.717, 1.165) is 43.1 Å². The molecule has 5 heteroatoms. The first-order chi connectivity index (χ1) is 8.54. The van der Waals surface area contributed by atoms with Crippen LogP contribution in [0.4, 0.5) is 11.5 Å². The third-order valence-electron chi connectivity index (χ3n) is 3.80. The SMILES string of the molecule is CCCn1nc(C)c(N)c1N1CCC(C)C(O)C1. The van der Waals surface area contributed by atoms with E-state index in [1.807, 2.05) is 11.6 Å². The number of nitrogen functional groups attached to an aromatic ring is 1. The Labute approximate surface area is 109 Å². The second-order valence-electron chi connectivity index (χ2n) is 5.33. The average molecular weight is 252 g/mol. The number of nitrogens with two attached hydrogens (primary N) is 1. The summed E-state index contributed by atoms with van der Waals surface area (Å²) < 4.78 is 1.98. The molecule has 5 nitrogen and oxygen atoms in total. The normalized spacial score (nSPS) is 24.6. The topological polar surface area (TPSA) is 67.3 Å². The summed E-state index contributed by atoms with van der Waals surface area (Å²) in [4.78, 5) is 2.18. The first-order valence-corrected chi connectivity index (χ1v) is 6.80. The van der Waals surface area contributed by atoms with E-state index in [1.54, 1.807) is 0 Å². The monoisotopic (exact) mass is 252 g/mol. The number of aromatic nitrogens is 2. The molecule has 1 aliphatic rings. The van der Waals surface area contributed by atoms with Gasteiger partial charge in [0.05, 0.1) is 17.5 Å². The van der Waals surface area contributed by atoms with Crippen molar-refractivity contribution in [1.29, 1.82) is 0 Å². The predicted molar refractivity (Wildman–Crippen MR) is 73.7 cm³/mol. The molecule has 1 saturated heterocycles. The van der Waals surface area contributed by atoms with Crippen molar-refractivity contribution in [2.75, 3.05) is 23.7 Å². The fourth-order valence-corrected chi connectivity index (χ4v) is 2.53. The fourth-order valence-electron chi connectivity index (χ4n) is 2.53. The highest BCUT2D eigenvalue weighted by Gasteiger charge is 2.28. The number of hydrogen-bond donors (Lipinski definition) is 2. The van der Waals surface area contributed by atoms with Gasteiger partial charge in [-0.05, 0) is 25.7 Å². The van der Waals surface area contributed by atoms with Crippen LogP contribution in [0.3, 0.4) is 0 Å². The summed E-state index contributed by atoms with van der Waals surface area (Å²) in [6.45, 7) is 8.63. The quantitative estimate of drug-likeness (QED) is 0.853. The van der Waals surface area contributed by atoms with Crippen molar-refractivity contribution in [3.05, 3.63) is 5.69 Å². The lowest BCUT2D eigenvalue weighted by Gasteiger charge is -2.36. The van der Waals surface area contributed by atoms with Gasteiger partial charge in [-0.15, -0.1) is 0 Å². The summed E-state index contributed by atoms with van der Waals surface area (Å²) >= 11 is 0. The van der Waals surface area contributed by atoms with Gasteiger partial charge in [-0.1, -0.05) is 13.8 Å². The Bertz CT molecular complexity index is 415. The van der Waals surface area contributed by atoms with Gasteiger partial charge in [0.15, 0.2) is 5.82 Å². The molecule has 2 atom stereocenters. The minimum absolute atomic E-state index is 0.275. The zero-order valence-electron chi connectivity index (χ0n) is 11.6. The summed E-state index contributed by atoms with van der Waals surface area (Å²) in [6.07, 6.45) is 1.75. The van der Waals surface area contributed by atoms with E-state index in [-0.39, 0.29) is 6.10 Å². The molecule has 2 rings (SSSR count). The summed E-state index contributed by atoms with van der Waals surface area (Å²) in [5, 5.41) is 14.5. The van der Waals surface area contributed by atoms with Crippen LogP contribution in [0, 0.1) is 12.8 Å². The molecule has 0 aliphatic carbocycles. The van der Waals surface area contributed by atoms with Gasteiger partial charge in [0.25, 0.3) is 0 Å². The Morgan fingerprint density at radius 1 is 1.50 bits per heavy atom. The van der Waals surface area contributed by atoms with Gasteiger partial charge in [0.1, 0.15) is 0 Å². The molecule has 0 saturated carbocycles. The molecule has 1 aromatic rings. The first-order valence-electron chi connectivity index (χ1n) is 6.80. The number of β-amino-alcohol motifs (C(OH)–C–C–N with tert-alkyl or cyclic N) is 1. The van der Waals surface area contributed by atoms with E-state index < -0.39 is 0 Å². The van der Waals surface area contributed by atoms with E-state index in [9.17, 15) is 5.11 Å². The molecule has 1 fully saturated rings. The molecule has 102 valence electrons. The van der Waals surface area contributed by atoms with Crippen LogP contribution in [0.2, 0.25) is 0 Å². The van der Waals surface area contributed by atoms with Crippen LogP contribution in [0.15, 0.2) is 0 Å². The number of hydrogen-bond acceptors (Lipinski definition) is 4. The average Bonchev–Trinajstić information content (AvgIpc) is 2.60. The van der Waals surface area contributed by atoms with Gasteiger partial charge in [-0.25, -0.2) is 4.68 Å². The second-order valence-corrected chi connectivity index (χ2v) is 5.33. The number of piperidine rings is 1. The maximum atomic E-state index is 10.0. The lowest BCUT2D eigenvalue weighted by atomic mass is 9.96. The van der Waals surface area contributed by atoms with Crippen LogP contribution >= 0.6 is 0 Å². The lowest BCUT2D eigenvalue weighted by Crippen LogP contribution is -2.44. The van der Waals surface area contributed by atoms with Crippen LogP contribution < -0.4 is 10.6 Å². The van der Waals surface area contributed by atoms with Gasteiger partial charge in [0.2, 0.25) is 0 Å². The zero-order chi connectivity index (χ0) is 13.3. The van der Waals surface area contributed by atoms with Gasteiger partial charge in [-0.3, -0.25) is 0 Å². The maximum Gasteiger partial charge on any atom is 0.150 e. The summed E-state index contributed by atoms with van der Waals surface area (Å²) in [5.41, 5.74) is 7.77. The Kier molecular flexibility index (Phi) is 3.80. The van der Waals surface area contributed by atoms with Crippen molar-refractivity contribution < 1.29 is 5.11 Å². The summed E-state index contributed by atoms with van der Waals surface area (Å²) in [6, 6.07) is 0. The van der Waals surface area contributed by atoms with Crippen molar-refractivity contribution in [1.82, 2.24) is 9.78 Å². The van der Waals surface area contributed by atoms with Crippen molar-refractivity contribution in [2.24, 2.45) is 5.92 Å². The maximum absolute atomic E-state index is 10.0. The van der Waals surface area contributed by atoms with Gasteiger partial charge < -0.3 is 15.7 Å². The third-order valence-corrected chi connectivity index (χ3v) is 3.80. The van der Waals surface area contributed by atoms with E-state index in [0.29, 0.717) is 12.5 Å². The van der Waals surface area contributed by atoms with Crippen molar-refractivity contribution in [3.63, 3.8) is 0 Å². The minimum atomic E-state index is -0.275. The predicted octanol–water partition coefficient (Wildman–Crippen LogP) is 1.39. The summed E-state index contributed by atoms with van der Waals surface area (Å²) in [7, 11) is 0. The smallest absolute Gasteiger partial charge is 0.150 e. The molecular weight excluding hydrogens is 228 g/mol. The van der Waals surface area contributed by atoms with E-state index in [2.05, 4.69) is 23.8 Å². The molecule has 1 aliphatic heterocycles. The van der Waals surface area contributed by atoms with Crippen LogP contribution in [-0.2, 0) is 6.54 Å². The largest absolute Gasteiger partial charge is 0.394 e.